The number of aryl methyl sites for hydroxylation is 3. The van der Waals surface area contributed by atoms with Crippen molar-refractivity contribution in [1.82, 2.24) is 10.3 Å². The summed E-state index contributed by atoms with van der Waals surface area (Å²) in [6.07, 6.45) is 0.220. The van der Waals surface area contributed by atoms with Gasteiger partial charge in [0, 0.05) is 28.2 Å². The van der Waals surface area contributed by atoms with Gasteiger partial charge in [-0.2, -0.15) is 0 Å². The number of piperidine rings is 1. The van der Waals surface area contributed by atoms with Crippen molar-refractivity contribution in [3.05, 3.63) is 69.4 Å². The number of rotatable bonds is 4. The molecular weight excluding hydrogens is 442 g/mol. The first kappa shape index (κ1) is 22.7. The molecule has 2 heterocycles. The van der Waals surface area contributed by atoms with E-state index < -0.39 is 6.09 Å². The van der Waals surface area contributed by atoms with Crippen LogP contribution in [-0.2, 0) is 20.9 Å². The van der Waals surface area contributed by atoms with Crippen LogP contribution in [0.3, 0.4) is 0 Å². The number of benzene rings is 2. The van der Waals surface area contributed by atoms with E-state index in [1.807, 2.05) is 45.0 Å². The third kappa shape index (κ3) is 4.98. The third-order valence-corrected chi connectivity index (χ3v) is 6.30. The van der Waals surface area contributed by atoms with E-state index in [2.05, 4.69) is 15.6 Å². The van der Waals surface area contributed by atoms with Gasteiger partial charge >= 0.3 is 6.09 Å². The minimum Gasteiger partial charge on any atom is -0.444 e. The van der Waals surface area contributed by atoms with Gasteiger partial charge in [-0.15, -0.1) is 0 Å². The Bertz CT molecular complexity index is 1290. The van der Waals surface area contributed by atoms with Crippen LogP contribution in [0.25, 0.3) is 10.9 Å². The lowest BCUT2D eigenvalue weighted by molar-refractivity contribution is -0.134. The fraction of sp³-hybridized carbons (Fsp3) is 0.280. The Labute approximate surface area is 196 Å². The van der Waals surface area contributed by atoms with E-state index in [4.69, 9.17) is 16.3 Å². The summed E-state index contributed by atoms with van der Waals surface area (Å²) in [5.41, 5.74) is 5.57. The van der Waals surface area contributed by atoms with Gasteiger partial charge in [-0.3, -0.25) is 25.2 Å². The molecule has 0 spiro atoms. The van der Waals surface area contributed by atoms with Crippen LogP contribution in [0.1, 0.15) is 46.7 Å². The lowest BCUT2D eigenvalue weighted by Crippen LogP contribution is -2.39. The van der Waals surface area contributed by atoms with Crippen molar-refractivity contribution in [3.8, 4) is 0 Å². The Morgan fingerprint density at radius 1 is 1.15 bits per heavy atom. The van der Waals surface area contributed by atoms with Gasteiger partial charge in [0.25, 0.3) is 0 Å². The van der Waals surface area contributed by atoms with Crippen LogP contribution in [0, 0.1) is 20.8 Å². The van der Waals surface area contributed by atoms with Crippen LogP contribution in [-0.4, -0.2) is 22.9 Å². The summed E-state index contributed by atoms with van der Waals surface area (Å²) < 4.78 is 5.40. The van der Waals surface area contributed by atoms with Gasteiger partial charge in [-0.1, -0.05) is 17.7 Å². The maximum Gasteiger partial charge on any atom is 0.411 e. The number of hydrogen-bond donors (Lipinski definition) is 2. The van der Waals surface area contributed by atoms with Crippen molar-refractivity contribution in [2.45, 2.75) is 46.1 Å². The first-order chi connectivity index (χ1) is 15.7. The molecule has 2 aromatic carbocycles. The molecule has 0 aliphatic carbocycles. The third-order valence-electron chi connectivity index (χ3n) is 5.89. The van der Waals surface area contributed by atoms with E-state index in [1.165, 1.54) is 0 Å². The molecule has 8 heteroatoms. The van der Waals surface area contributed by atoms with Crippen molar-refractivity contribution in [1.29, 1.82) is 0 Å². The number of hydrogen-bond acceptors (Lipinski definition) is 5. The zero-order valence-electron chi connectivity index (χ0n) is 18.6. The van der Waals surface area contributed by atoms with Crippen molar-refractivity contribution in [2.75, 3.05) is 5.32 Å². The zero-order valence-corrected chi connectivity index (χ0v) is 19.4. The number of carbonyl (C=O) groups excluding carboxylic acids is 3. The molecule has 3 amide bonds. The van der Waals surface area contributed by atoms with Crippen LogP contribution in [0.5, 0.6) is 0 Å². The van der Waals surface area contributed by atoms with Crippen molar-refractivity contribution in [3.63, 3.8) is 0 Å². The quantitative estimate of drug-likeness (QED) is 0.523. The van der Waals surface area contributed by atoms with Gasteiger partial charge in [0.15, 0.2) is 0 Å². The van der Waals surface area contributed by atoms with Gasteiger partial charge < -0.3 is 4.74 Å². The Hall–Kier alpha value is -3.45. The van der Waals surface area contributed by atoms with E-state index >= 15 is 0 Å². The van der Waals surface area contributed by atoms with Crippen molar-refractivity contribution >= 4 is 46.1 Å². The Balaban J connectivity index is 1.50. The molecule has 0 bridgehead atoms. The number of nitrogens with one attached hydrogen (secondary N) is 2. The minimum absolute atomic E-state index is 0.0861. The van der Waals surface area contributed by atoms with Crippen molar-refractivity contribution in [2.24, 2.45) is 0 Å². The zero-order chi connectivity index (χ0) is 23.7. The molecule has 1 unspecified atom stereocenters. The largest absolute Gasteiger partial charge is 0.444 e. The smallest absolute Gasteiger partial charge is 0.411 e. The van der Waals surface area contributed by atoms with E-state index in [0.29, 0.717) is 23.6 Å². The molecule has 0 radical (unpaired) electrons. The summed E-state index contributed by atoms with van der Waals surface area (Å²) in [6.45, 7) is 5.76. The fourth-order valence-corrected chi connectivity index (χ4v) is 4.14. The summed E-state index contributed by atoms with van der Waals surface area (Å²) in [4.78, 5) is 40.7. The number of imide groups is 1. The number of aromatic nitrogens is 1. The van der Waals surface area contributed by atoms with Crippen molar-refractivity contribution < 1.29 is 19.1 Å². The van der Waals surface area contributed by atoms with E-state index in [9.17, 15) is 14.4 Å². The summed E-state index contributed by atoms with van der Waals surface area (Å²) >= 11 is 6.10. The molecule has 1 aliphatic heterocycles. The van der Waals surface area contributed by atoms with Gasteiger partial charge in [0.1, 0.15) is 6.61 Å². The maximum absolute atomic E-state index is 12.3. The Morgan fingerprint density at radius 3 is 2.67 bits per heavy atom. The molecule has 170 valence electrons. The minimum atomic E-state index is -0.577. The highest BCUT2D eigenvalue weighted by Gasteiger charge is 2.29. The Morgan fingerprint density at radius 2 is 1.94 bits per heavy atom. The topological polar surface area (TPSA) is 97.4 Å². The molecule has 0 saturated carbocycles. The van der Waals surface area contributed by atoms with E-state index in [-0.39, 0.29) is 24.3 Å². The number of ether oxygens (including phenoxy) is 1. The van der Waals surface area contributed by atoms with Crippen LogP contribution < -0.4 is 10.6 Å². The maximum atomic E-state index is 12.3. The average Bonchev–Trinajstić information content (AvgIpc) is 2.75. The number of anilines is 1. The number of fused-ring (bicyclic) bond motifs is 1. The second-order valence-corrected chi connectivity index (χ2v) is 8.71. The molecule has 2 N–H and O–H groups in total. The van der Waals surface area contributed by atoms with Gasteiger partial charge in [-0.25, -0.2) is 4.79 Å². The molecule has 4 rings (SSSR count). The molecular formula is C25H24ClN3O4. The summed E-state index contributed by atoms with van der Waals surface area (Å²) in [7, 11) is 0. The highest BCUT2D eigenvalue weighted by molar-refractivity contribution is 6.31. The monoisotopic (exact) mass is 465 g/mol. The van der Waals surface area contributed by atoms with Crippen LogP contribution in [0.15, 0.2) is 36.4 Å². The molecule has 1 saturated heterocycles. The number of halogens is 1. The van der Waals surface area contributed by atoms with Crippen LogP contribution in [0.2, 0.25) is 5.02 Å². The first-order valence-corrected chi connectivity index (χ1v) is 11.0. The molecule has 1 fully saturated rings. The normalized spacial score (nSPS) is 15.9. The summed E-state index contributed by atoms with van der Waals surface area (Å²) in [6, 6.07) is 11.1. The summed E-state index contributed by atoms with van der Waals surface area (Å²) in [5, 5.41) is 6.54. The van der Waals surface area contributed by atoms with Crippen LogP contribution >= 0.6 is 11.6 Å². The summed E-state index contributed by atoms with van der Waals surface area (Å²) in [5.74, 6) is -0.905. The van der Waals surface area contributed by atoms with Gasteiger partial charge in [0.2, 0.25) is 11.8 Å². The lowest BCUT2D eigenvalue weighted by atomic mass is 9.88. The standard InChI is InChI=1S/C25H24ClN3O4/c1-13-4-5-18(11-21(13)26)28-25(32)33-12-17-10-22-16(8-14(17)2)9-20(15(3)27-22)19-6-7-23(30)29-24(19)31/h4-5,8-11,19H,6-7,12H2,1-3H3,(H,28,32)(H,29,30,31). The van der Waals surface area contributed by atoms with Gasteiger partial charge in [0.05, 0.1) is 11.4 Å². The second-order valence-electron chi connectivity index (χ2n) is 8.30. The molecule has 1 atom stereocenters. The highest BCUT2D eigenvalue weighted by atomic mass is 35.5. The second kappa shape index (κ2) is 9.19. The van der Waals surface area contributed by atoms with Gasteiger partial charge in [-0.05, 0) is 79.8 Å². The SMILES string of the molecule is Cc1ccc(NC(=O)OCc2cc3nc(C)c(C4CCC(=O)NC4=O)cc3cc2C)cc1Cl. The van der Waals surface area contributed by atoms with E-state index in [1.54, 1.807) is 12.1 Å². The lowest BCUT2D eigenvalue weighted by Gasteiger charge is -2.22. The average molecular weight is 466 g/mol. The predicted molar refractivity (Wildman–Crippen MR) is 126 cm³/mol. The number of nitrogens with zero attached hydrogens (tertiary/aromatic N) is 1. The molecule has 7 nitrogen and oxygen atoms in total. The highest BCUT2D eigenvalue weighted by Crippen LogP contribution is 2.30. The number of carbonyl (C=O) groups is 3. The Kier molecular flexibility index (Phi) is 6.33. The molecule has 1 aromatic heterocycles. The first-order valence-electron chi connectivity index (χ1n) is 10.7. The van der Waals surface area contributed by atoms with Crippen LogP contribution in [0.4, 0.5) is 10.5 Å². The molecule has 33 heavy (non-hydrogen) atoms. The predicted octanol–water partition coefficient (Wildman–Crippen LogP) is 5.08. The molecule has 1 aliphatic rings. The fourth-order valence-electron chi connectivity index (χ4n) is 3.96. The molecule has 3 aromatic rings. The van der Waals surface area contributed by atoms with E-state index in [0.717, 1.165) is 38.9 Å². The number of amides is 3. The number of pyridine rings is 1.